The molecule has 1 heterocycles. The second kappa shape index (κ2) is 7.53. The molecule has 0 saturated carbocycles. The van der Waals surface area contributed by atoms with Gasteiger partial charge in [-0.3, -0.25) is 0 Å². The molecule has 3 rings (SSSR count). The summed E-state index contributed by atoms with van der Waals surface area (Å²) in [4.78, 5) is 23.3. The van der Waals surface area contributed by atoms with Crippen molar-refractivity contribution in [1.29, 1.82) is 5.26 Å². The van der Waals surface area contributed by atoms with Crippen LogP contribution in [0.4, 0.5) is 0 Å². The number of fused-ring (bicyclic) bond motifs is 1. The van der Waals surface area contributed by atoms with Crippen molar-refractivity contribution in [1.82, 2.24) is 0 Å². The lowest BCUT2D eigenvalue weighted by Crippen LogP contribution is -2.15. The van der Waals surface area contributed by atoms with Crippen LogP contribution in [0.3, 0.4) is 0 Å². The van der Waals surface area contributed by atoms with E-state index < -0.39 is 11.6 Å². The maximum atomic E-state index is 11.9. The van der Waals surface area contributed by atoms with E-state index in [4.69, 9.17) is 19.2 Å². The van der Waals surface area contributed by atoms with Gasteiger partial charge in [0.25, 0.3) is 0 Å². The third-order valence-electron chi connectivity index (χ3n) is 3.81. The number of ether oxygens (including phenoxy) is 2. The first-order valence-corrected chi connectivity index (χ1v) is 7.88. The van der Waals surface area contributed by atoms with Crippen LogP contribution in [0.5, 0.6) is 5.75 Å². The second-order valence-corrected chi connectivity index (χ2v) is 5.62. The lowest BCUT2D eigenvalue weighted by atomic mass is 10.1. The molecule has 26 heavy (non-hydrogen) atoms. The zero-order valence-electron chi connectivity index (χ0n) is 14.0. The number of esters is 1. The van der Waals surface area contributed by atoms with E-state index in [1.165, 1.54) is 6.07 Å². The van der Waals surface area contributed by atoms with E-state index >= 15 is 0 Å². The molecule has 0 bridgehead atoms. The number of hydrogen-bond acceptors (Lipinski definition) is 6. The van der Waals surface area contributed by atoms with Crippen LogP contribution in [0.1, 0.15) is 16.7 Å². The topological polar surface area (TPSA) is 89.5 Å². The highest BCUT2D eigenvalue weighted by atomic mass is 16.6. The van der Waals surface area contributed by atoms with Crippen molar-refractivity contribution in [2.45, 2.75) is 13.5 Å². The summed E-state index contributed by atoms with van der Waals surface area (Å²) in [6.07, 6.45) is 0. The van der Waals surface area contributed by atoms with Gasteiger partial charge in [0.15, 0.2) is 6.61 Å². The van der Waals surface area contributed by atoms with E-state index in [1.807, 2.05) is 13.0 Å². The number of nitrogens with zero attached hydrogens (tertiary/aromatic N) is 1. The van der Waals surface area contributed by atoms with E-state index in [0.29, 0.717) is 22.5 Å². The van der Waals surface area contributed by atoms with Crippen molar-refractivity contribution < 1.29 is 18.7 Å². The Kier molecular flexibility index (Phi) is 4.99. The first kappa shape index (κ1) is 17.2. The Morgan fingerprint density at radius 2 is 2.00 bits per heavy atom. The molecule has 1 aromatic heterocycles. The minimum atomic E-state index is -0.566. The van der Waals surface area contributed by atoms with Gasteiger partial charge in [-0.1, -0.05) is 18.2 Å². The van der Waals surface area contributed by atoms with Crippen LogP contribution in [0.25, 0.3) is 11.0 Å². The number of carbonyl (C=O) groups is 1. The third-order valence-corrected chi connectivity index (χ3v) is 3.81. The zero-order chi connectivity index (χ0) is 18.5. The molecular weight excluding hydrogens is 334 g/mol. The van der Waals surface area contributed by atoms with Crippen molar-refractivity contribution >= 4 is 16.9 Å². The van der Waals surface area contributed by atoms with Gasteiger partial charge in [-0.05, 0) is 30.7 Å². The van der Waals surface area contributed by atoms with E-state index in [2.05, 4.69) is 0 Å². The quantitative estimate of drug-likeness (QED) is 0.519. The molecular formula is C20H15NO5. The van der Waals surface area contributed by atoms with Crippen molar-refractivity contribution in [2.75, 3.05) is 6.61 Å². The van der Waals surface area contributed by atoms with Crippen molar-refractivity contribution in [3.8, 4) is 11.8 Å². The number of aryl methyl sites for hydroxylation is 1. The summed E-state index contributed by atoms with van der Waals surface area (Å²) in [6.45, 7) is 1.52. The van der Waals surface area contributed by atoms with Gasteiger partial charge >= 0.3 is 11.6 Å². The molecule has 3 aromatic rings. The van der Waals surface area contributed by atoms with Crippen molar-refractivity contribution in [3.05, 3.63) is 75.6 Å². The molecule has 0 amide bonds. The average molecular weight is 349 g/mol. The van der Waals surface area contributed by atoms with Crippen molar-refractivity contribution in [2.24, 2.45) is 0 Å². The standard InChI is InChI=1S/C20H15NO5/c1-13-8-19(22)26-18-9-16(6-7-17(13)18)24-12-20(23)25-11-15-5-3-2-4-14(15)10-21/h2-9H,11-12H2,1H3. The molecule has 0 fully saturated rings. The molecule has 0 spiro atoms. The largest absolute Gasteiger partial charge is 0.482 e. The Hall–Kier alpha value is -3.59. The van der Waals surface area contributed by atoms with Gasteiger partial charge in [0.1, 0.15) is 17.9 Å². The Labute approximate surface area is 149 Å². The minimum Gasteiger partial charge on any atom is -0.482 e. The Bertz CT molecular complexity index is 1060. The monoisotopic (exact) mass is 349 g/mol. The fourth-order valence-corrected chi connectivity index (χ4v) is 2.49. The summed E-state index contributed by atoms with van der Waals surface area (Å²) in [7, 11) is 0. The summed E-state index contributed by atoms with van der Waals surface area (Å²) in [5, 5.41) is 9.81. The smallest absolute Gasteiger partial charge is 0.344 e. The van der Waals surface area contributed by atoms with Gasteiger partial charge in [-0.25, -0.2) is 9.59 Å². The second-order valence-electron chi connectivity index (χ2n) is 5.62. The first-order valence-electron chi connectivity index (χ1n) is 7.88. The highest BCUT2D eigenvalue weighted by Gasteiger charge is 2.09. The van der Waals surface area contributed by atoms with Crippen LogP contribution in [0, 0.1) is 18.3 Å². The summed E-state index contributed by atoms with van der Waals surface area (Å²) < 4.78 is 15.7. The van der Waals surface area contributed by atoms with Crippen LogP contribution in [0.2, 0.25) is 0 Å². The van der Waals surface area contributed by atoms with Gasteiger partial charge in [0, 0.05) is 23.1 Å². The average Bonchev–Trinajstić information content (AvgIpc) is 2.64. The number of hydrogen-bond donors (Lipinski definition) is 0. The SMILES string of the molecule is Cc1cc(=O)oc2cc(OCC(=O)OCc3ccccc3C#N)ccc12. The van der Waals surface area contributed by atoms with Crippen LogP contribution < -0.4 is 10.4 Å². The van der Waals surface area contributed by atoms with Crippen LogP contribution in [0.15, 0.2) is 57.7 Å². The minimum absolute atomic E-state index is 0.00227. The molecule has 0 atom stereocenters. The molecule has 0 aliphatic rings. The summed E-state index contributed by atoms with van der Waals surface area (Å²) in [5.74, 6) is -0.177. The predicted octanol–water partition coefficient (Wildman–Crippen LogP) is 3.10. The van der Waals surface area contributed by atoms with E-state index in [0.717, 1.165) is 10.9 Å². The maximum absolute atomic E-state index is 11.9. The number of benzene rings is 2. The van der Waals surface area contributed by atoms with E-state index in [9.17, 15) is 9.59 Å². The summed E-state index contributed by atoms with van der Waals surface area (Å²) >= 11 is 0. The van der Waals surface area contributed by atoms with Gasteiger partial charge in [0.05, 0.1) is 11.6 Å². The molecule has 2 aromatic carbocycles. The highest BCUT2D eigenvalue weighted by molar-refractivity contribution is 5.81. The molecule has 6 heteroatoms. The Morgan fingerprint density at radius 3 is 2.81 bits per heavy atom. The molecule has 0 aliphatic heterocycles. The molecule has 6 nitrogen and oxygen atoms in total. The van der Waals surface area contributed by atoms with E-state index in [1.54, 1.807) is 42.5 Å². The first-order chi connectivity index (χ1) is 12.6. The van der Waals surface area contributed by atoms with Crippen LogP contribution in [-0.2, 0) is 16.1 Å². The highest BCUT2D eigenvalue weighted by Crippen LogP contribution is 2.22. The summed E-state index contributed by atoms with van der Waals surface area (Å²) in [6, 6.07) is 15.4. The van der Waals surface area contributed by atoms with Crippen LogP contribution in [-0.4, -0.2) is 12.6 Å². The van der Waals surface area contributed by atoms with Crippen molar-refractivity contribution in [3.63, 3.8) is 0 Å². The normalized spacial score (nSPS) is 10.3. The molecule has 0 N–H and O–H groups in total. The molecule has 0 aliphatic carbocycles. The maximum Gasteiger partial charge on any atom is 0.344 e. The number of nitriles is 1. The zero-order valence-corrected chi connectivity index (χ0v) is 14.0. The fourth-order valence-electron chi connectivity index (χ4n) is 2.49. The number of rotatable bonds is 5. The molecule has 0 saturated heterocycles. The van der Waals surface area contributed by atoms with Crippen LogP contribution >= 0.6 is 0 Å². The van der Waals surface area contributed by atoms with Gasteiger partial charge in [-0.2, -0.15) is 5.26 Å². The van der Waals surface area contributed by atoms with E-state index in [-0.39, 0.29) is 13.2 Å². The van der Waals surface area contributed by atoms with Gasteiger partial charge < -0.3 is 13.9 Å². The molecule has 0 radical (unpaired) electrons. The third kappa shape index (κ3) is 3.90. The van der Waals surface area contributed by atoms with Gasteiger partial charge in [0.2, 0.25) is 0 Å². The number of carbonyl (C=O) groups excluding carboxylic acids is 1. The predicted molar refractivity (Wildman–Crippen MR) is 93.7 cm³/mol. The summed E-state index contributed by atoms with van der Waals surface area (Å²) in [5.41, 5.74) is 1.84. The molecule has 130 valence electrons. The fraction of sp³-hybridized carbons (Fsp3) is 0.150. The Balaban J connectivity index is 1.62. The van der Waals surface area contributed by atoms with Gasteiger partial charge in [-0.15, -0.1) is 0 Å². The lowest BCUT2D eigenvalue weighted by molar-refractivity contribution is -0.147. The Morgan fingerprint density at radius 1 is 1.19 bits per heavy atom. The lowest BCUT2D eigenvalue weighted by Gasteiger charge is -2.09. The molecule has 0 unspecified atom stereocenters.